The minimum Gasteiger partial charge on any atom is -0.480 e. The summed E-state index contributed by atoms with van der Waals surface area (Å²) in [5, 5.41) is 14.9. The van der Waals surface area contributed by atoms with E-state index in [2.05, 4.69) is 16.9 Å². The Hall–Kier alpha value is -0.910. The molecule has 3 N–H and O–H groups in total. The lowest BCUT2D eigenvalue weighted by molar-refractivity contribution is -0.139. The van der Waals surface area contributed by atoms with Gasteiger partial charge in [0.15, 0.2) is 0 Å². The molecule has 1 aliphatic carbocycles. The van der Waals surface area contributed by atoms with E-state index >= 15 is 0 Å². The van der Waals surface area contributed by atoms with Crippen LogP contribution in [0.25, 0.3) is 0 Å². The average molecular weight is 288 g/mol. The summed E-state index contributed by atoms with van der Waals surface area (Å²) >= 11 is 1.77. The molecule has 0 aliphatic heterocycles. The summed E-state index contributed by atoms with van der Waals surface area (Å²) in [6.45, 7) is 1.90. The van der Waals surface area contributed by atoms with Crippen molar-refractivity contribution in [3.8, 4) is 0 Å². The fraction of sp³-hybridized carbons (Fsp3) is 0.846. The molecular formula is C13H24N2O3S. The molecule has 2 unspecified atom stereocenters. The van der Waals surface area contributed by atoms with Gasteiger partial charge in [-0.15, -0.1) is 0 Å². The largest absolute Gasteiger partial charge is 0.480 e. The summed E-state index contributed by atoms with van der Waals surface area (Å²) < 4.78 is 0. The quantitative estimate of drug-likeness (QED) is 0.700. The predicted octanol–water partition coefficient (Wildman–Crippen LogP) is 2.21. The van der Waals surface area contributed by atoms with Gasteiger partial charge in [-0.05, 0) is 25.5 Å². The van der Waals surface area contributed by atoms with E-state index in [1.807, 2.05) is 6.92 Å². The molecule has 1 rings (SSSR count). The topological polar surface area (TPSA) is 78.4 Å². The third kappa shape index (κ3) is 5.30. The zero-order valence-corrected chi connectivity index (χ0v) is 12.5. The molecule has 0 saturated heterocycles. The zero-order valence-electron chi connectivity index (χ0n) is 11.6. The van der Waals surface area contributed by atoms with Crippen molar-refractivity contribution in [1.82, 2.24) is 10.6 Å². The molecule has 0 aromatic carbocycles. The summed E-state index contributed by atoms with van der Waals surface area (Å²) in [4.78, 5) is 22.9. The van der Waals surface area contributed by atoms with Gasteiger partial charge < -0.3 is 15.7 Å². The van der Waals surface area contributed by atoms with Gasteiger partial charge in [-0.3, -0.25) is 0 Å². The summed E-state index contributed by atoms with van der Waals surface area (Å²) in [7, 11) is 0. The van der Waals surface area contributed by atoms with E-state index in [-0.39, 0.29) is 12.1 Å². The molecule has 5 nitrogen and oxygen atoms in total. The standard InChI is InChI=1S/C13H24N2O3S/c1-3-6-10(12(16)17)15-13(18)14-9-7-4-5-8-11(9)19-2/h9-11H,3-8H2,1-2H3,(H,16,17)(H2,14,15,18)/t9?,10-,11?/m0/s1. The summed E-state index contributed by atoms with van der Waals surface area (Å²) in [5.74, 6) is -0.970. The number of nitrogens with one attached hydrogen (secondary N) is 2. The first-order valence-corrected chi connectivity index (χ1v) is 8.19. The van der Waals surface area contributed by atoms with Gasteiger partial charge in [0.2, 0.25) is 0 Å². The Balaban J connectivity index is 2.46. The van der Waals surface area contributed by atoms with Crippen molar-refractivity contribution in [1.29, 1.82) is 0 Å². The zero-order chi connectivity index (χ0) is 14.3. The van der Waals surface area contributed by atoms with E-state index in [9.17, 15) is 9.59 Å². The molecule has 3 atom stereocenters. The Morgan fingerprint density at radius 1 is 1.37 bits per heavy atom. The smallest absolute Gasteiger partial charge is 0.326 e. The number of hydrogen-bond donors (Lipinski definition) is 3. The lowest BCUT2D eigenvalue weighted by Crippen LogP contribution is -2.52. The molecule has 6 heteroatoms. The lowest BCUT2D eigenvalue weighted by Gasteiger charge is -2.31. The van der Waals surface area contributed by atoms with Gasteiger partial charge in [0.1, 0.15) is 6.04 Å². The summed E-state index contributed by atoms with van der Waals surface area (Å²) in [5.41, 5.74) is 0. The number of carbonyl (C=O) groups excluding carboxylic acids is 1. The van der Waals surface area contributed by atoms with Crippen molar-refractivity contribution >= 4 is 23.8 Å². The fourth-order valence-corrected chi connectivity index (χ4v) is 3.39. The molecule has 0 heterocycles. The molecule has 0 aromatic rings. The molecule has 0 aromatic heterocycles. The van der Waals surface area contributed by atoms with Crippen LogP contribution in [0, 0.1) is 0 Å². The number of hydrogen-bond acceptors (Lipinski definition) is 3. The predicted molar refractivity (Wildman–Crippen MR) is 77.6 cm³/mol. The highest BCUT2D eigenvalue weighted by molar-refractivity contribution is 7.99. The van der Waals surface area contributed by atoms with Gasteiger partial charge in [0.05, 0.1) is 0 Å². The van der Waals surface area contributed by atoms with E-state index in [1.165, 1.54) is 6.42 Å². The maximum atomic E-state index is 11.9. The van der Waals surface area contributed by atoms with Crippen LogP contribution in [-0.4, -0.2) is 40.7 Å². The average Bonchev–Trinajstić information content (AvgIpc) is 2.38. The van der Waals surface area contributed by atoms with Gasteiger partial charge >= 0.3 is 12.0 Å². The number of aliphatic carboxylic acids is 1. The van der Waals surface area contributed by atoms with Crippen LogP contribution in [0.5, 0.6) is 0 Å². The van der Waals surface area contributed by atoms with Gasteiger partial charge in [-0.2, -0.15) is 11.8 Å². The molecule has 2 amide bonds. The second-order valence-electron chi connectivity index (χ2n) is 4.96. The van der Waals surface area contributed by atoms with Crippen molar-refractivity contribution in [3.05, 3.63) is 0 Å². The number of thioether (sulfide) groups is 1. The van der Waals surface area contributed by atoms with Crippen molar-refractivity contribution in [2.45, 2.75) is 62.8 Å². The van der Waals surface area contributed by atoms with Crippen LogP contribution in [0.3, 0.4) is 0 Å². The van der Waals surface area contributed by atoms with Gasteiger partial charge in [0, 0.05) is 11.3 Å². The van der Waals surface area contributed by atoms with Crippen molar-refractivity contribution < 1.29 is 14.7 Å². The first-order valence-electron chi connectivity index (χ1n) is 6.91. The van der Waals surface area contributed by atoms with E-state index in [0.717, 1.165) is 25.7 Å². The van der Waals surface area contributed by atoms with Crippen LogP contribution >= 0.6 is 11.8 Å². The minimum atomic E-state index is -0.970. The van der Waals surface area contributed by atoms with Crippen LogP contribution in [0.2, 0.25) is 0 Å². The SMILES string of the molecule is CCC[C@H](NC(=O)NC1CCCCC1SC)C(=O)O. The molecule has 1 aliphatic rings. The van der Waals surface area contributed by atoms with Crippen molar-refractivity contribution in [3.63, 3.8) is 0 Å². The number of carboxylic acids is 1. The van der Waals surface area contributed by atoms with Crippen LogP contribution in [0.1, 0.15) is 45.4 Å². The first-order chi connectivity index (χ1) is 9.08. The van der Waals surface area contributed by atoms with Crippen LogP contribution in [0.15, 0.2) is 0 Å². The van der Waals surface area contributed by atoms with Crippen molar-refractivity contribution in [2.24, 2.45) is 0 Å². The molecular weight excluding hydrogens is 264 g/mol. The van der Waals surface area contributed by atoms with Crippen LogP contribution in [-0.2, 0) is 4.79 Å². The Morgan fingerprint density at radius 2 is 2.05 bits per heavy atom. The highest BCUT2D eigenvalue weighted by atomic mass is 32.2. The van der Waals surface area contributed by atoms with Gasteiger partial charge in [-0.25, -0.2) is 9.59 Å². The maximum absolute atomic E-state index is 11.9. The molecule has 0 radical (unpaired) electrons. The molecule has 19 heavy (non-hydrogen) atoms. The number of carbonyl (C=O) groups is 2. The number of carboxylic acid groups (broad SMARTS) is 1. The third-order valence-corrected chi connectivity index (χ3v) is 4.67. The molecule has 110 valence electrons. The normalized spacial score (nSPS) is 24.5. The van der Waals surface area contributed by atoms with E-state index < -0.39 is 12.0 Å². The third-order valence-electron chi connectivity index (χ3n) is 3.50. The Bertz CT molecular complexity index is 312. The van der Waals surface area contributed by atoms with Crippen molar-refractivity contribution in [2.75, 3.05) is 6.26 Å². The second-order valence-corrected chi connectivity index (χ2v) is 6.04. The molecule has 1 saturated carbocycles. The Morgan fingerprint density at radius 3 is 2.63 bits per heavy atom. The number of urea groups is 1. The summed E-state index contributed by atoms with van der Waals surface area (Å²) in [6, 6.07) is -0.993. The minimum absolute atomic E-state index is 0.153. The highest BCUT2D eigenvalue weighted by Gasteiger charge is 2.27. The maximum Gasteiger partial charge on any atom is 0.326 e. The Kier molecular flexibility index (Phi) is 7.05. The molecule has 0 spiro atoms. The van der Waals surface area contributed by atoms with E-state index in [0.29, 0.717) is 11.7 Å². The second kappa shape index (κ2) is 8.30. The Labute approximate surface area is 118 Å². The van der Waals surface area contributed by atoms with E-state index in [1.54, 1.807) is 11.8 Å². The molecule has 1 fully saturated rings. The van der Waals surface area contributed by atoms with Crippen LogP contribution < -0.4 is 10.6 Å². The molecule has 0 bridgehead atoms. The van der Waals surface area contributed by atoms with E-state index in [4.69, 9.17) is 5.11 Å². The van der Waals surface area contributed by atoms with Crippen LogP contribution in [0.4, 0.5) is 4.79 Å². The monoisotopic (exact) mass is 288 g/mol. The first kappa shape index (κ1) is 16.1. The fourth-order valence-electron chi connectivity index (χ4n) is 2.46. The number of rotatable bonds is 6. The lowest BCUT2D eigenvalue weighted by atomic mass is 9.95. The van der Waals surface area contributed by atoms with Gasteiger partial charge in [0.25, 0.3) is 0 Å². The summed E-state index contributed by atoms with van der Waals surface area (Å²) in [6.07, 6.45) is 7.67. The number of amides is 2. The highest BCUT2D eigenvalue weighted by Crippen LogP contribution is 2.27. The van der Waals surface area contributed by atoms with Gasteiger partial charge in [-0.1, -0.05) is 26.2 Å².